The average molecular weight is 249 g/mol. The lowest BCUT2D eigenvalue weighted by Crippen LogP contribution is -2.53. The first-order valence-electron chi connectivity index (χ1n) is 6.15. The third kappa shape index (κ3) is 2.34. The molecule has 1 aliphatic rings. The molecule has 0 amide bonds. The van der Waals surface area contributed by atoms with Crippen LogP contribution in [0.15, 0.2) is 24.3 Å². The smallest absolute Gasteiger partial charge is 0.323 e. The Labute approximate surface area is 107 Å². The van der Waals surface area contributed by atoms with Gasteiger partial charge in [0.05, 0.1) is 14.2 Å². The number of carbonyl (C=O) groups excluding carboxylic acids is 1. The minimum absolute atomic E-state index is 0.0906. The van der Waals surface area contributed by atoms with Crippen molar-refractivity contribution in [2.45, 2.75) is 25.4 Å². The molecule has 1 saturated heterocycles. The standard InChI is InChI=1S/C14H19NO3/c1-10(11-4-6-12(17-2)7-5-11)15-9-8-13(15)14(16)18-3/h4-7,10,13H,8-9H2,1-3H3/t10-,13?/m1/s1. The van der Waals surface area contributed by atoms with Crippen molar-refractivity contribution in [1.29, 1.82) is 0 Å². The molecule has 98 valence electrons. The third-order valence-electron chi connectivity index (χ3n) is 3.63. The SMILES string of the molecule is COC(=O)C1CCN1[C@H](C)c1ccc(OC)cc1. The van der Waals surface area contributed by atoms with Gasteiger partial charge >= 0.3 is 5.97 Å². The van der Waals surface area contributed by atoms with Crippen molar-refractivity contribution in [3.05, 3.63) is 29.8 Å². The molecule has 0 radical (unpaired) electrons. The summed E-state index contributed by atoms with van der Waals surface area (Å²) in [6.45, 7) is 3.05. The summed E-state index contributed by atoms with van der Waals surface area (Å²) in [6, 6.07) is 8.09. The number of likely N-dealkylation sites (tertiary alicyclic amines) is 1. The van der Waals surface area contributed by atoms with Crippen LogP contribution in [0.4, 0.5) is 0 Å². The van der Waals surface area contributed by atoms with Crippen LogP contribution in [0.2, 0.25) is 0 Å². The van der Waals surface area contributed by atoms with Crippen LogP contribution < -0.4 is 4.74 Å². The topological polar surface area (TPSA) is 38.8 Å². The molecule has 1 heterocycles. The zero-order valence-electron chi connectivity index (χ0n) is 11.1. The van der Waals surface area contributed by atoms with E-state index in [1.54, 1.807) is 7.11 Å². The van der Waals surface area contributed by atoms with Gasteiger partial charge in [0.25, 0.3) is 0 Å². The molecule has 1 aliphatic heterocycles. The second-order valence-corrected chi connectivity index (χ2v) is 4.51. The van der Waals surface area contributed by atoms with E-state index in [0.717, 1.165) is 18.7 Å². The molecule has 18 heavy (non-hydrogen) atoms. The van der Waals surface area contributed by atoms with Gasteiger partial charge in [-0.2, -0.15) is 0 Å². The number of ether oxygens (including phenoxy) is 2. The van der Waals surface area contributed by atoms with E-state index in [-0.39, 0.29) is 18.1 Å². The van der Waals surface area contributed by atoms with Crippen molar-refractivity contribution < 1.29 is 14.3 Å². The van der Waals surface area contributed by atoms with Crippen LogP contribution in [0.5, 0.6) is 5.75 Å². The summed E-state index contributed by atoms with van der Waals surface area (Å²) < 4.78 is 9.95. The van der Waals surface area contributed by atoms with Crippen molar-refractivity contribution in [1.82, 2.24) is 4.90 Å². The van der Waals surface area contributed by atoms with Crippen molar-refractivity contribution >= 4 is 5.97 Å². The maximum absolute atomic E-state index is 11.6. The van der Waals surface area contributed by atoms with Crippen LogP contribution in [-0.2, 0) is 9.53 Å². The highest BCUT2D eigenvalue weighted by atomic mass is 16.5. The van der Waals surface area contributed by atoms with Gasteiger partial charge in [0.2, 0.25) is 0 Å². The van der Waals surface area contributed by atoms with Gasteiger partial charge in [-0.3, -0.25) is 9.69 Å². The van der Waals surface area contributed by atoms with Crippen molar-refractivity contribution in [2.24, 2.45) is 0 Å². The van der Waals surface area contributed by atoms with Crippen LogP contribution in [0.3, 0.4) is 0 Å². The quantitative estimate of drug-likeness (QED) is 0.765. The molecule has 1 fully saturated rings. The molecular formula is C14H19NO3. The number of esters is 1. The number of hydrogen-bond acceptors (Lipinski definition) is 4. The van der Waals surface area contributed by atoms with Gasteiger partial charge in [0, 0.05) is 12.6 Å². The number of methoxy groups -OCH3 is 2. The Morgan fingerprint density at radius 3 is 2.44 bits per heavy atom. The molecule has 0 spiro atoms. The highest BCUT2D eigenvalue weighted by molar-refractivity contribution is 5.76. The molecule has 0 aromatic heterocycles. The fourth-order valence-electron chi connectivity index (χ4n) is 2.33. The molecule has 0 bridgehead atoms. The molecule has 2 rings (SSSR count). The van der Waals surface area contributed by atoms with E-state index in [2.05, 4.69) is 11.8 Å². The van der Waals surface area contributed by atoms with E-state index in [4.69, 9.17) is 9.47 Å². The lowest BCUT2D eigenvalue weighted by atomic mass is 9.96. The van der Waals surface area contributed by atoms with Gasteiger partial charge in [-0.25, -0.2) is 0 Å². The van der Waals surface area contributed by atoms with Crippen LogP contribution in [-0.4, -0.2) is 37.7 Å². The van der Waals surface area contributed by atoms with Gasteiger partial charge in [-0.05, 0) is 31.0 Å². The first-order chi connectivity index (χ1) is 8.67. The third-order valence-corrected chi connectivity index (χ3v) is 3.63. The van der Waals surface area contributed by atoms with E-state index >= 15 is 0 Å². The number of nitrogens with zero attached hydrogens (tertiary/aromatic N) is 1. The Morgan fingerprint density at radius 1 is 1.33 bits per heavy atom. The van der Waals surface area contributed by atoms with Gasteiger partial charge in [-0.1, -0.05) is 12.1 Å². The minimum atomic E-state index is -0.137. The van der Waals surface area contributed by atoms with Crippen LogP contribution in [0, 0.1) is 0 Å². The lowest BCUT2D eigenvalue weighted by molar-refractivity contribution is -0.153. The van der Waals surface area contributed by atoms with Crippen LogP contribution in [0.1, 0.15) is 24.9 Å². The summed E-state index contributed by atoms with van der Waals surface area (Å²) in [5.41, 5.74) is 1.18. The molecule has 0 saturated carbocycles. The highest BCUT2D eigenvalue weighted by Gasteiger charge is 2.38. The number of carbonyl (C=O) groups is 1. The van der Waals surface area contributed by atoms with Crippen molar-refractivity contribution in [2.75, 3.05) is 20.8 Å². The molecular weight excluding hydrogens is 230 g/mol. The first-order valence-corrected chi connectivity index (χ1v) is 6.15. The zero-order chi connectivity index (χ0) is 13.1. The Morgan fingerprint density at radius 2 is 2.00 bits per heavy atom. The molecule has 0 aliphatic carbocycles. The maximum Gasteiger partial charge on any atom is 0.323 e. The van der Waals surface area contributed by atoms with E-state index in [0.29, 0.717) is 0 Å². The van der Waals surface area contributed by atoms with Gasteiger partial charge in [0.15, 0.2) is 0 Å². The predicted octanol–water partition coefficient (Wildman–Crippen LogP) is 2.00. The highest BCUT2D eigenvalue weighted by Crippen LogP contribution is 2.31. The normalized spacial score (nSPS) is 20.9. The second-order valence-electron chi connectivity index (χ2n) is 4.51. The van der Waals surface area contributed by atoms with E-state index in [1.807, 2.05) is 24.3 Å². The summed E-state index contributed by atoms with van der Waals surface area (Å²) in [5.74, 6) is 0.709. The monoisotopic (exact) mass is 249 g/mol. The largest absolute Gasteiger partial charge is 0.497 e. The second kappa shape index (κ2) is 5.40. The van der Waals surface area contributed by atoms with Gasteiger partial charge < -0.3 is 9.47 Å². The van der Waals surface area contributed by atoms with E-state index < -0.39 is 0 Å². The van der Waals surface area contributed by atoms with Gasteiger partial charge in [-0.15, -0.1) is 0 Å². The average Bonchev–Trinajstić information content (AvgIpc) is 2.37. The number of benzene rings is 1. The van der Waals surface area contributed by atoms with Crippen molar-refractivity contribution in [3.63, 3.8) is 0 Å². The van der Waals surface area contributed by atoms with E-state index in [1.165, 1.54) is 12.7 Å². The molecule has 4 heteroatoms. The summed E-state index contributed by atoms with van der Waals surface area (Å²) in [4.78, 5) is 13.7. The molecule has 1 aromatic rings. The molecule has 0 N–H and O–H groups in total. The zero-order valence-corrected chi connectivity index (χ0v) is 11.1. The molecule has 1 aromatic carbocycles. The van der Waals surface area contributed by atoms with Gasteiger partial charge in [0.1, 0.15) is 11.8 Å². The predicted molar refractivity (Wildman–Crippen MR) is 68.5 cm³/mol. The van der Waals surface area contributed by atoms with Crippen molar-refractivity contribution in [3.8, 4) is 5.75 Å². The summed E-state index contributed by atoms with van der Waals surface area (Å²) in [6.07, 6.45) is 0.882. The Kier molecular flexibility index (Phi) is 3.87. The first kappa shape index (κ1) is 12.9. The summed E-state index contributed by atoms with van der Waals surface area (Å²) in [7, 11) is 3.10. The molecule has 1 unspecified atom stereocenters. The lowest BCUT2D eigenvalue weighted by Gasteiger charge is -2.43. The van der Waals surface area contributed by atoms with Crippen LogP contribution in [0.25, 0.3) is 0 Å². The Balaban J connectivity index is 2.06. The maximum atomic E-state index is 11.6. The minimum Gasteiger partial charge on any atom is -0.497 e. The Hall–Kier alpha value is -1.55. The van der Waals surface area contributed by atoms with Crippen LogP contribution >= 0.6 is 0 Å². The number of rotatable bonds is 4. The fourth-order valence-corrected chi connectivity index (χ4v) is 2.33. The van der Waals surface area contributed by atoms with E-state index in [9.17, 15) is 4.79 Å². The molecule has 2 atom stereocenters. The summed E-state index contributed by atoms with van der Waals surface area (Å²) in [5, 5.41) is 0. The molecule has 4 nitrogen and oxygen atoms in total. The summed E-state index contributed by atoms with van der Waals surface area (Å²) >= 11 is 0. The number of hydrogen-bond donors (Lipinski definition) is 0. The fraction of sp³-hybridized carbons (Fsp3) is 0.500. The Bertz CT molecular complexity index is 416.